The fourth-order valence-electron chi connectivity index (χ4n) is 2.03. The molecule has 0 radical (unpaired) electrons. The Hall–Kier alpha value is -0.660. The number of hydrogen-bond donors (Lipinski definition) is 0. The summed E-state index contributed by atoms with van der Waals surface area (Å²) < 4.78 is 32.3. The van der Waals surface area contributed by atoms with Crippen molar-refractivity contribution in [3.63, 3.8) is 0 Å². The summed E-state index contributed by atoms with van der Waals surface area (Å²) in [5, 5.41) is 0. The lowest BCUT2D eigenvalue weighted by molar-refractivity contribution is -0.149. The predicted molar refractivity (Wildman–Crippen MR) is 72.7 cm³/mol. The molecule has 1 aliphatic rings. The van der Waals surface area contributed by atoms with Crippen LogP contribution in [0.5, 0.6) is 0 Å². The molecule has 0 aliphatic carbocycles. The van der Waals surface area contributed by atoms with Crippen LogP contribution in [0.4, 0.5) is 0 Å². The first-order valence-corrected chi connectivity index (χ1v) is 8.10. The molecule has 0 N–H and O–H groups in total. The Bertz CT molecular complexity index is 400. The van der Waals surface area contributed by atoms with E-state index >= 15 is 0 Å². The summed E-state index contributed by atoms with van der Waals surface area (Å²) in [6.07, 6.45) is 1.06. The average Bonchev–Trinajstić information content (AvgIpc) is 2.38. The first kappa shape index (κ1) is 16.4. The Morgan fingerprint density at radius 2 is 1.89 bits per heavy atom. The lowest BCUT2D eigenvalue weighted by Crippen LogP contribution is -2.48. The summed E-state index contributed by atoms with van der Waals surface area (Å²) in [5.41, 5.74) is 0. The van der Waals surface area contributed by atoms with Crippen LogP contribution in [0.1, 0.15) is 33.6 Å². The van der Waals surface area contributed by atoms with Crippen molar-refractivity contribution in [3.8, 4) is 0 Å². The van der Waals surface area contributed by atoms with Gasteiger partial charge in [-0.2, -0.15) is 17.0 Å². The van der Waals surface area contributed by atoms with Gasteiger partial charge in [0, 0.05) is 26.2 Å². The molecule has 0 amide bonds. The van der Waals surface area contributed by atoms with Crippen LogP contribution in [0, 0.1) is 5.92 Å². The van der Waals surface area contributed by atoms with Gasteiger partial charge in [-0.3, -0.25) is 4.79 Å². The predicted octanol–water partition coefficient (Wildman–Crippen LogP) is 0.847. The van der Waals surface area contributed by atoms with Crippen molar-refractivity contribution in [2.75, 3.05) is 26.7 Å². The van der Waals surface area contributed by atoms with Gasteiger partial charge in [-0.05, 0) is 33.6 Å². The lowest BCUT2D eigenvalue weighted by atomic mass is 9.98. The van der Waals surface area contributed by atoms with Gasteiger partial charge >= 0.3 is 5.97 Å². The van der Waals surface area contributed by atoms with Crippen LogP contribution in [-0.4, -0.2) is 55.8 Å². The van der Waals surface area contributed by atoms with Gasteiger partial charge in [0.05, 0.1) is 12.5 Å². The van der Waals surface area contributed by atoms with Gasteiger partial charge in [0.15, 0.2) is 0 Å². The Morgan fingerprint density at radius 3 is 2.32 bits per heavy atom. The van der Waals surface area contributed by atoms with E-state index in [9.17, 15) is 13.2 Å². The molecule has 0 saturated carbocycles. The molecule has 0 aromatic carbocycles. The van der Waals surface area contributed by atoms with Crippen LogP contribution in [0.15, 0.2) is 0 Å². The molecule has 0 atom stereocenters. The maximum absolute atomic E-state index is 12.3. The lowest BCUT2D eigenvalue weighted by Gasteiger charge is -2.34. The molecular formula is C12H24N2O4S. The third-order valence-corrected chi connectivity index (χ3v) is 5.66. The van der Waals surface area contributed by atoms with Gasteiger partial charge in [0.2, 0.25) is 0 Å². The molecular weight excluding hydrogens is 268 g/mol. The molecule has 1 fully saturated rings. The van der Waals surface area contributed by atoms with E-state index in [1.807, 2.05) is 13.8 Å². The molecule has 0 bridgehead atoms. The Balaban J connectivity index is 2.61. The van der Waals surface area contributed by atoms with Crippen molar-refractivity contribution in [2.24, 2.45) is 5.92 Å². The Kier molecular flexibility index (Phi) is 5.76. The van der Waals surface area contributed by atoms with Crippen LogP contribution in [-0.2, 0) is 19.7 Å². The van der Waals surface area contributed by atoms with Crippen molar-refractivity contribution in [1.29, 1.82) is 0 Å². The number of ether oxygens (including phenoxy) is 1. The highest BCUT2D eigenvalue weighted by atomic mass is 32.2. The number of nitrogens with zero attached hydrogens (tertiary/aromatic N) is 2. The molecule has 0 aromatic heterocycles. The zero-order valence-electron chi connectivity index (χ0n) is 12.1. The van der Waals surface area contributed by atoms with E-state index < -0.39 is 10.2 Å². The summed E-state index contributed by atoms with van der Waals surface area (Å²) in [6, 6.07) is -0.0761. The molecule has 0 unspecified atom stereocenters. The van der Waals surface area contributed by atoms with Gasteiger partial charge in [0.1, 0.15) is 0 Å². The fraction of sp³-hybridized carbons (Fsp3) is 0.917. The highest BCUT2D eigenvalue weighted by Crippen LogP contribution is 2.22. The van der Waals surface area contributed by atoms with Crippen molar-refractivity contribution in [2.45, 2.75) is 39.7 Å². The second kappa shape index (κ2) is 6.67. The molecule has 1 heterocycles. The summed E-state index contributed by atoms with van der Waals surface area (Å²) in [5.74, 6) is -0.382. The van der Waals surface area contributed by atoms with E-state index in [1.165, 1.54) is 8.61 Å². The standard InChI is InChI=1S/C12H24N2O4S/c1-5-18-12(15)11-6-8-14(9-7-11)19(16,17)13(4)10(2)3/h10-11H,5-9H2,1-4H3. The van der Waals surface area contributed by atoms with Gasteiger partial charge in [0.25, 0.3) is 10.2 Å². The Morgan fingerprint density at radius 1 is 1.37 bits per heavy atom. The third kappa shape index (κ3) is 3.90. The number of rotatable bonds is 5. The van der Waals surface area contributed by atoms with Crippen LogP contribution in [0.25, 0.3) is 0 Å². The third-order valence-electron chi connectivity index (χ3n) is 3.49. The SMILES string of the molecule is CCOC(=O)C1CCN(S(=O)(=O)N(C)C(C)C)CC1. The molecule has 19 heavy (non-hydrogen) atoms. The van der Waals surface area contributed by atoms with Crippen molar-refractivity contribution in [3.05, 3.63) is 0 Å². The fourth-order valence-corrected chi connectivity index (χ4v) is 3.60. The quantitative estimate of drug-likeness (QED) is 0.705. The second-order valence-corrected chi connectivity index (χ2v) is 7.03. The number of carbonyl (C=O) groups excluding carboxylic acids is 1. The van der Waals surface area contributed by atoms with Crippen LogP contribution < -0.4 is 0 Å². The maximum Gasteiger partial charge on any atom is 0.309 e. The normalized spacial score (nSPS) is 19.1. The van der Waals surface area contributed by atoms with Crippen molar-refractivity contribution in [1.82, 2.24) is 8.61 Å². The van der Waals surface area contributed by atoms with Crippen LogP contribution in [0.3, 0.4) is 0 Å². The number of piperidine rings is 1. The van der Waals surface area contributed by atoms with E-state index in [4.69, 9.17) is 4.74 Å². The van der Waals surface area contributed by atoms with Gasteiger partial charge in [-0.15, -0.1) is 0 Å². The van der Waals surface area contributed by atoms with Crippen LogP contribution >= 0.6 is 0 Å². The number of carbonyl (C=O) groups is 1. The molecule has 0 spiro atoms. The van der Waals surface area contributed by atoms with E-state index in [0.717, 1.165) is 0 Å². The highest BCUT2D eigenvalue weighted by molar-refractivity contribution is 7.86. The van der Waals surface area contributed by atoms with Gasteiger partial charge in [-0.1, -0.05) is 0 Å². The molecule has 6 nitrogen and oxygen atoms in total. The van der Waals surface area contributed by atoms with E-state index in [1.54, 1.807) is 14.0 Å². The molecule has 7 heteroatoms. The minimum absolute atomic E-state index is 0.0761. The molecule has 1 saturated heterocycles. The summed E-state index contributed by atoms with van der Waals surface area (Å²) in [7, 11) is -1.83. The van der Waals surface area contributed by atoms with E-state index in [2.05, 4.69) is 0 Å². The van der Waals surface area contributed by atoms with Crippen LogP contribution in [0.2, 0.25) is 0 Å². The topological polar surface area (TPSA) is 66.9 Å². The number of esters is 1. The van der Waals surface area contributed by atoms with Crippen molar-refractivity contribution >= 4 is 16.2 Å². The first-order valence-electron chi connectivity index (χ1n) is 6.70. The monoisotopic (exact) mass is 292 g/mol. The summed E-state index contributed by atoms with van der Waals surface area (Å²) in [6.45, 7) is 6.57. The molecule has 1 rings (SSSR count). The second-order valence-electron chi connectivity index (χ2n) is 5.04. The Labute approximate surface area is 115 Å². The first-order chi connectivity index (χ1) is 8.80. The van der Waals surface area contributed by atoms with E-state index in [-0.39, 0.29) is 17.9 Å². The summed E-state index contributed by atoms with van der Waals surface area (Å²) in [4.78, 5) is 11.6. The zero-order chi connectivity index (χ0) is 14.6. The summed E-state index contributed by atoms with van der Waals surface area (Å²) >= 11 is 0. The smallest absolute Gasteiger partial charge is 0.309 e. The van der Waals surface area contributed by atoms with Crippen molar-refractivity contribution < 1.29 is 17.9 Å². The molecule has 112 valence electrons. The molecule has 1 aliphatic heterocycles. The van der Waals surface area contributed by atoms with Gasteiger partial charge in [-0.25, -0.2) is 0 Å². The largest absolute Gasteiger partial charge is 0.466 e. The van der Waals surface area contributed by atoms with E-state index in [0.29, 0.717) is 32.5 Å². The molecule has 0 aromatic rings. The zero-order valence-corrected chi connectivity index (χ0v) is 12.9. The van der Waals surface area contributed by atoms with Gasteiger partial charge < -0.3 is 4.74 Å². The number of hydrogen-bond acceptors (Lipinski definition) is 4. The minimum atomic E-state index is -3.41. The minimum Gasteiger partial charge on any atom is -0.466 e. The highest BCUT2D eigenvalue weighted by Gasteiger charge is 2.34. The average molecular weight is 292 g/mol. The maximum atomic E-state index is 12.3.